The van der Waals surface area contributed by atoms with Crippen LogP contribution >= 0.6 is 23.2 Å². The molecule has 0 aromatic heterocycles. The molecule has 0 spiro atoms. The van der Waals surface area contributed by atoms with Crippen LogP contribution in [0.2, 0.25) is 10.0 Å². The first-order valence-electron chi connectivity index (χ1n) is 13.6. The highest BCUT2D eigenvalue weighted by Gasteiger charge is 2.40. The normalized spacial score (nSPS) is 25.8. The van der Waals surface area contributed by atoms with Gasteiger partial charge in [0.1, 0.15) is 0 Å². The number of nitrogens with two attached hydrogens (primary N) is 1. The van der Waals surface area contributed by atoms with Crippen LogP contribution in [-0.2, 0) is 14.3 Å². The molecule has 3 saturated heterocycles. The van der Waals surface area contributed by atoms with Crippen molar-refractivity contribution in [1.29, 1.82) is 0 Å². The Balaban J connectivity index is 1.36. The molecule has 3 fully saturated rings. The molecule has 2 aromatic rings. The van der Waals surface area contributed by atoms with Crippen LogP contribution in [0.25, 0.3) is 0 Å². The molecule has 2 amide bonds. The number of piperidine rings is 1. The van der Waals surface area contributed by atoms with Crippen LogP contribution in [0.1, 0.15) is 34.7 Å². The predicted molar refractivity (Wildman–Crippen MR) is 153 cm³/mol. The highest BCUT2D eigenvalue weighted by Crippen LogP contribution is 2.35. The molecular weight excluding hydrogens is 539 g/mol. The van der Waals surface area contributed by atoms with Crippen LogP contribution in [0.3, 0.4) is 0 Å². The summed E-state index contributed by atoms with van der Waals surface area (Å²) in [6.07, 6.45) is 1.26. The third-order valence-corrected chi connectivity index (χ3v) is 9.02. The Bertz CT molecular complexity index is 1170. The van der Waals surface area contributed by atoms with Gasteiger partial charge in [-0.1, -0.05) is 29.3 Å². The largest absolute Gasteiger partial charge is 0.380 e. The van der Waals surface area contributed by atoms with Crippen molar-refractivity contribution in [3.8, 4) is 0 Å². The predicted octanol–water partition coefficient (Wildman–Crippen LogP) is 3.65. The monoisotopic (exact) mass is 574 g/mol. The number of likely N-dealkylation sites (tertiary alicyclic amines) is 1. The molecular formula is C29H36Cl2N4O4. The molecule has 210 valence electrons. The molecule has 0 bridgehead atoms. The van der Waals surface area contributed by atoms with Crippen LogP contribution in [0.4, 0.5) is 5.69 Å². The average molecular weight is 576 g/mol. The summed E-state index contributed by atoms with van der Waals surface area (Å²) in [5, 5.41) is 0.925. The van der Waals surface area contributed by atoms with E-state index in [9.17, 15) is 9.59 Å². The number of hydrogen-bond donors (Lipinski definition) is 1. The van der Waals surface area contributed by atoms with E-state index < -0.39 is 0 Å². The fraction of sp³-hybridized carbons (Fsp3) is 0.517. The molecule has 39 heavy (non-hydrogen) atoms. The quantitative estimate of drug-likeness (QED) is 0.586. The first-order valence-corrected chi connectivity index (χ1v) is 14.4. The van der Waals surface area contributed by atoms with Gasteiger partial charge in [0.05, 0.1) is 35.8 Å². The van der Waals surface area contributed by atoms with Gasteiger partial charge in [0.2, 0.25) is 5.91 Å². The highest BCUT2D eigenvalue weighted by molar-refractivity contribution is 6.42. The third-order valence-electron chi connectivity index (χ3n) is 8.29. The van der Waals surface area contributed by atoms with Gasteiger partial charge in [0, 0.05) is 69.1 Å². The number of anilines is 1. The zero-order valence-electron chi connectivity index (χ0n) is 22.2. The lowest BCUT2D eigenvalue weighted by Crippen LogP contribution is -2.55. The molecule has 3 aliphatic heterocycles. The van der Waals surface area contributed by atoms with Crippen LogP contribution in [-0.4, -0.2) is 93.4 Å². The molecule has 3 aliphatic rings. The summed E-state index contributed by atoms with van der Waals surface area (Å²) >= 11 is 12.6. The van der Waals surface area contributed by atoms with E-state index in [1.807, 2.05) is 53.2 Å². The smallest absolute Gasteiger partial charge is 0.253 e. The Labute approximate surface area is 239 Å². The first kappa shape index (κ1) is 28.2. The summed E-state index contributed by atoms with van der Waals surface area (Å²) in [6, 6.07) is 12.9. The summed E-state index contributed by atoms with van der Waals surface area (Å²) in [5.74, 6) is -0.379. The van der Waals surface area contributed by atoms with Gasteiger partial charge < -0.3 is 29.9 Å². The van der Waals surface area contributed by atoms with E-state index >= 15 is 0 Å². The van der Waals surface area contributed by atoms with Gasteiger partial charge >= 0.3 is 0 Å². The van der Waals surface area contributed by atoms with Crippen molar-refractivity contribution in [3.63, 3.8) is 0 Å². The van der Waals surface area contributed by atoms with E-state index in [0.29, 0.717) is 68.0 Å². The summed E-state index contributed by atoms with van der Waals surface area (Å²) in [5.41, 5.74) is 8.91. The minimum Gasteiger partial charge on any atom is -0.380 e. The lowest BCUT2D eigenvalue weighted by atomic mass is 9.83. The van der Waals surface area contributed by atoms with Crippen LogP contribution in [0.5, 0.6) is 0 Å². The lowest BCUT2D eigenvalue weighted by Gasteiger charge is -2.44. The van der Waals surface area contributed by atoms with Crippen molar-refractivity contribution < 1.29 is 19.1 Å². The van der Waals surface area contributed by atoms with Crippen molar-refractivity contribution >= 4 is 40.7 Å². The van der Waals surface area contributed by atoms with Crippen LogP contribution in [0.15, 0.2) is 42.5 Å². The summed E-state index contributed by atoms with van der Waals surface area (Å²) < 4.78 is 10.9. The topological polar surface area (TPSA) is 88.3 Å². The maximum absolute atomic E-state index is 13.7. The van der Waals surface area contributed by atoms with Crippen molar-refractivity contribution in [2.24, 2.45) is 11.7 Å². The number of nitrogens with zero attached hydrogens (tertiary/aromatic N) is 3. The number of halogens is 2. The number of benzene rings is 2. The molecule has 0 radical (unpaired) electrons. The molecule has 5 rings (SSSR count). The number of rotatable bonds is 5. The van der Waals surface area contributed by atoms with Crippen molar-refractivity contribution in [3.05, 3.63) is 63.6 Å². The molecule has 0 saturated carbocycles. The van der Waals surface area contributed by atoms with Crippen molar-refractivity contribution in [2.75, 3.05) is 64.6 Å². The summed E-state index contributed by atoms with van der Waals surface area (Å²) in [7, 11) is 1.85. The second kappa shape index (κ2) is 12.4. The van der Waals surface area contributed by atoms with E-state index in [4.69, 9.17) is 38.4 Å². The maximum atomic E-state index is 13.7. The highest BCUT2D eigenvalue weighted by atomic mass is 35.5. The zero-order chi connectivity index (χ0) is 27.5. The maximum Gasteiger partial charge on any atom is 0.253 e. The molecule has 2 aromatic carbocycles. The molecule has 3 heterocycles. The zero-order valence-corrected chi connectivity index (χ0v) is 23.7. The lowest BCUT2D eigenvalue weighted by molar-refractivity contribution is -0.141. The van der Waals surface area contributed by atoms with Crippen LogP contribution < -0.4 is 10.6 Å². The number of amides is 2. The van der Waals surface area contributed by atoms with E-state index in [0.717, 1.165) is 24.3 Å². The van der Waals surface area contributed by atoms with Crippen molar-refractivity contribution in [2.45, 2.75) is 30.8 Å². The van der Waals surface area contributed by atoms with Gasteiger partial charge in [-0.3, -0.25) is 9.59 Å². The summed E-state index contributed by atoms with van der Waals surface area (Å²) in [4.78, 5) is 33.2. The number of likely N-dealkylation sites (N-methyl/N-ethyl adjacent to an activating group) is 1. The second-order valence-corrected chi connectivity index (χ2v) is 11.4. The fourth-order valence-corrected chi connectivity index (χ4v) is 6.27. The molecule has 8 nitrogen and oxygen atoms in total. The average Bonchev–Trinajstić information content (AvgIpc) is 2.98. The van der Waals surface area contributed by atoms with Crippen molar-refractivity contribution in [1.82, 2.24) is 9.80 Å². The first-order chi connectivity index (χ1) is 18.8. The van der Waals surface area contributed by atoms with Crippen LogP contribution in [0, 0.1) is 5.92 Å². The van der Waals surface area contributed by atoms with Gasteiger partial charge in [-0.2, -0.15) is 0 Å². The third kappa shape index (κ3) is 6.20. The van der Waals surface area contributed by atoms with Gasteiger partial charge in [-0.15, -0.1) is 0 Å². The van der Waals surface area contributed by atoms with Gasteiger partial charge in [-0.05, 0) is 54.8 Å². The SMILES string of the molecule is CN(C(=O)c1ccc(N2CCOCC2)cc1)[C@@H]1CCN(C(=O)[C@H]2CCOC[C@H]2N)C[C@H]1c1ccc(Cl)c(Cl)c1. The van der Waals surface area contributed by atoms with Gasteiger partial charge in [0.15, 0.2) is 0 Å². The van der Waals surface area contributed by atoms with E-state index in [1.54, 1.807) is 6.07 Å². The second-order valence-electron chi connectivity index (χ2n) is 10.6. The number of morpholine rings is 1. The Kier molecular flexibility index (Phi) is 8.99. The molecule has 10 heteroatoms. The number of carbonyl (C=O) groups is 2. The van der Waals surface area contributed by atoms with E-state index in [1.165, 1.54) is 0 Å². The molecule has 0 aliphatic carbocycles. The van der Waals surface area contributed by atoms with Gasteiger partial charge in [-0.25, -0.2) is 0 Å². The molecule has 0 unspecified atom stereocenters. The fourth-order valence-electron chi connectivity index (χ4n) is 5.97. The summed E-state index contributed by atoms with van der Waals surface area (Å²) in [6.45, 7) is 5.06. The number of hydrogen-bond acceptors (Lipinski definition) is 6. The number of ether oxygens (including phenoxy) is 2. The molecule has 2 N–H and O–H groups in total. The molecule has 4 atom stereocenters. The van der Waals surface area contributed by atoms with Gasteiger partial charge in [0.25, 0.3) is 5.91 Å². The standard InChI is InChI=1S/C29H36Cl2N4O4/c1-33(28(36)19-2-5-21(6-3-19)34-11-14-38-15-12-34)27-8-10-35(29(37)22-9-13-39-18-26(22)32)17-23(27)20-4-7-24(30)25(31)16-20/h2-7,16,22-23,26-27H,8-15,17-18,32H2,1H3/t22-,23-,26+,27+/m0/s1. The van der Waals surface area contributed by atoms with E-state index in [-0.39, 0.29) is 35.7 Å². The Morgan fingerprint density at radius 1 is 0.949 bits per heavy atom. The minimum atomic E-state index is -0.308. The Morgan fingerprint density at radius 3 is 2.38 bits per heavy atom. The Hall–Kier alpha value is -2.36. The Morgan fingerprint density at radius 2 is 1.69 bits per heavy atom. The number of carbonyl (C=O) groups excluding carboxylic acids is 2. The van der Waals surface area contributed by atoms with E-state index in [2.05, 4.69) is 4.90 Å². The minimum absolute atomic E-state index is 0.0511.